The van der Waals surface area contributed by atoms with Crippen LogP contribution in [0.25, 0.3) is 0 Å². The minimum absolute atomic E-state index is 0.501. The van der Waals surface area contributed by atoms with Crippen molar-refractivity contribution in [2.45, 2.75) is 25.7 Å². The molecule has 1 saturated heterocycles. The van der Waals surface area contributed by atoms with Crippen LogP contribution in [0.3, 0.4) is 0 Å². The smallest absolute Gasteiger partial charge is 0.266 e. The minimum atomic E-state index is -2.73. The molecule has 0 aliphatic carbocycles. The van der Waals surface area contributed by atoms with Gasteiger partial charge in [0.05, 0.1) is 5.56 Å². The highest BCUT2D eigenvalue weighted by Gasteiger charge is 2.16. The first-order valence-electron chi connectivity index (χ1n) is 5.94. The lowest BCUT2D eigenvalue weighted by atomic mass is 9.90. The molecule has 0 aromatic heterocycles. The van der Waals surface area contributed by atoms with Gasteiger partial charge in [-0.15, -0.1) is 0 Å². The molecule has 1 aromatic carbocycles. The molecule has 0 radical (unpaired) electrons. The molecule has 1 N–H and O–H groups in total. The molecule has 1 fully saturated rings. The molecule has 94 valence electrons. The summed E-state index contributed by atoms with van der Waals surface area (Å²) in [7, 11) is 0. The van der Waals surface area contributed by atoms with Gasteiger partial charge in [-0.2, -0.15) is 0 Å². The second-order valence-electron chi connectivity index (χ2n) is 4.55. The summed E-state index contributed by atoms with van der Waals surface area (Å²) < 4.78 is 38.1. The first-order valence-corrected chi connectivity index (χ1v) is 5.94. The van der Waals surface area contributed by atoms with E-state index >= 15 is 0 Å². The topological polar surface area (TPSA) is 12.0 Å². The molecule has 1 aromatic rings. The van der Waals surface area contributed by atoms with Crippen LogP contribution in [0.1, 0.15) is 30.4 Å². The van der Waals surface area contributed by atoms with Gasteiger partial charge in [-0.05, 0) is 49.9 Å². The van der Waals surface area contributed by atoms with E-state index in [1.54, 1.807) is 6.07 Å². The Hall–Kier alpha value is -1.03. The number of rotatable bonds is 3. The molecule has 1 heterocycles. The largest absolute Gasteiger partial charge is 0.317 e. The maximum Gasteiger partial charge on any atom is 0.266 e. The zero-order valence-corrected chi connectivity index (χ0v) is 9.56. The Morgan fingerprint density at radius 2 is 1.94 bits per heavy atom. The molecule has 17 heavy (non-hydrogen) atoms. The van der Waals surface area contributed by atoms with Crippen LogP contribution in [0.5, 0.6) is 0 Å². The number of hydrogen-bond acceptors (Lipinski definition) is 1. The lowest BCUT2D eigenvalue weighted by Gasteiger charge is -2.22. The fourth-order valence-corrected chi connectivity index (χ4v) is 2.29. The van der Waals surface area contributed by atoms with Crippen LogP contribution in [-0.4, -0.2) is 13.1 Å². The molecule has 0 spiro atoms. The van der Waals surface area contributed by atoms with Gasteiger partial charge in [-0.3, -0.25) is 0 Å². The fourth-order valence-electron chi connectivity index (χ4n) is 2.29. The van der Waals surface area contributed by atoms with Crippen LogP contribution in [0, 0.1) is 11.7 Å². The highest BCUT2D eigenvalue weighted by Crippen LogP contribution is 2.25. The predicted octanol–water partition coefficient (Wildman–Crippen LogP) is 3.31. The third-order valence-corrected chi connectivity index (χ3v) is 3.28. The number of hydrogen-bond donors (Lipinski definition) is 1. The van der Waals surface area contributed by atoms with Crippen molar-refractivity contribution in [1.29, 1.82) is 0 Å². The standard InChI is InChI=1S/C13H16F3N/c14-12-8-10(1-2-11(12)13(15)16)7-9-3-5-17-6-4-9/h1-2,8-9,13,17H,3-7H2. The van der Waals surface area contributed by atoms with E-state index in [9.17, 15) is 13.2 Å². The van der Waals surface area contributed by atoms with Crippen molar-refractivity contribution < 1.29 is 13.2 Å². The van der Waals surface area contributed by atoms with E-state index in [0.29, 0.717) is 5.92 Å². The molecule has 1 nitrogen and oxygen atoms in total. The van der Waals surface area contributed by atoms with E-state index in [1.165, 1.54) is 12.1 Å². The average Bonchev–Trinajstić information content (AvgIpc) is 2.30. The summed E-state index contributed by atoms with van der Waals surface area (Å²) in [5.41, 5.74) is 0.317. The van der Waals surface area contributed by atoms with Gasteiger partial charge in [0.1, 0.15) is 5.82 Å². The Morgan fingerprint density at radius 1 is 1.24 bits per heavy atom. The van der Waals surface area contributed by atoms with E-state index in [1.807, 2.05) is 0 Å². The van der Waals surface area contributed by atoms with Gasteiger partial charge >= 0.3 is 0 Å². The normalized spacial score (nSPS) is 17.6. The van der Waals surface area contributed by atoms with Gasteiger partial charge in [0.2, 0.25) is 0 Å². The van der Waals surface area contributed by atoms with E-state index in [2.05, 4.69) is 5.32 Å². The van der Waals surface area contributed by atoms with Crippen LogP contribution >= 0.6 is 0 Å². The zero-order chi connectivity index (χ0) is 12.3. The fraction of sp³-hybridized carbons (Fsp3) is 0.538. The summed E-state index contributed by atoms with van der Waals surface area (Å²) in [6, 6.07) is 4.08. The maximum absolute atomic E-state index is 13.4. The highest BCUT2D eigenvalue weighted by molar-refractivity contribution is 5.25. The molecule has 0 amide bonds. The molecule has 1 aliphatic rings. The number of halogens is 3. The summed E-state index contributed by atoms with van der Waals surface area (Å²) in [6.45, 7) is 1.98. The van der Waals surface area contributed by atoms with Crippen LogP contribution in [0.15, 0.2) is 18.2 Å². The number of nitrogens with one attached hydrogen (secondary N) is 1. The minimum Gasteiger partial charge on any atom is -0.317 e. The molecule has 0 bridgehead atoms. The van der Waals surface area contributed by atoms with Gasteiger partial charge < -0.3 is 5.32 Å². The molecule has 0 atom stereocenters. The van der Waals surface area contributed by atoms with Crippen molar-refractivity contribution in [3.05, 3.63) is 35.1 Å². The van der Waals surface area contributed by atoms with Crippen LogP contribution in [-0.2, 0) is 6.42 Å². The summed E-state index contributed by atoms with van der Waals surface area (Å²) in [5.74, 6) is -0.250. The average molecular weight is 243 g/mol. The van der Waals surface area contributed by atoms with Gasteiger partial charge in [-0.25, -0.2) is 13.2 Å². The molecule has 1 aliphatic heterocycles. The van der Waals surface area contributed by atoms with E-state index in [-0.39, 0.29) is 0 Å². The van der Waals surface area contributed by atoms with Crippen molar-refractivity contribution in [2.24, 2.45) is 5.92 Å². The van der Waals surface area contributed by atoms with Crippen LogP contribution < -0.4 is 5.32 Å². The van der Waals surface area contributed by atoms with E-state index in [0.717, 1.165) is 37.9 Å². The Balaban J connectivity index is 2.04. The molecule has 4 heteroatoms. The van der Waals surface area contributed by atoms with E-state index in [4.69, 9.17) is 0 Å². The monoisotopic (exact) mass is 243 g/mol. The van der Waals surface area contributed by atoms with Crippen molar-refractivity contribution in [3.63, 3.8) is 0 Å². The molecular formula is C13H16F3N. The summed E-state index contributed by atoms with van der Waals surface area (Å²) in [6.07, 6.45) is 0.182. The SMILES string of the molecule is Fc1cc(CC2CCNCC2)ccc1C(F)F. The van der Waals surface area contributed by atoms with Crippen molar-refractivity contribution in [2.75, 3.05) is 13.1 Å². The summed E-state index contributed by atoms with van der Waals surface area (Å²) in [5, 5.41) is 3.26. The number of piperidine rings is 1. The Labute approximate surface area is 99.0 Å². The van der Waals surface area contributed by atoms with Crippen molar-refractivity contribution in [3.8, 4) is 0 Å². The maximum atomic E-state index is 13.4. The van der Waals surface area contributed by atoms with Crippen molar-refractivity contribution in [1.82, 2.24) is 5.32 Å². The molecular weight excluding hydrogens is 227 g/mol. The van der Waals surface area contributed by atoms with Gasteiger partial charge in [0.25, 0.3) is 6.43 Å². The second-order valence-corrected chi connectivity index (χ2v) is 4.55. The van der Waals surface area contributed by atoms with Gasteiger partial charge in [0, 0.05) is 0 Å². The first-order chi connectivity index (χ1) is 8.16. The number of alkyl halides is 2. The van der Waals surface area contributed by atoms with Crippen LogP contribution in [0.4, 0.5) is 13.2 Å². The Bertz CT molecular complexity index is 373. The third-order valence-electron chi connectivity index (χ3n) is 3.28. The second kappa shape index (κ2) is 5.54. The van der Waals surface area contributed by atoms with E-state index < -0.39 is 17.8 Å². The Morgan fingerprint density at radius 3 is 2.53 bits per heavy atom. The number of benzene rings is 1. The highest BCUT2D eigenvalue weighted by atomic mass is 19.3. The van der Waals surface area contributed by atoms with Gasteiger partial charge in [-0.1, -0.05) is 12.1 Å². The summed E-state index contributed by atoms with van der Waals surface area (Å²) >= 11 is 0. The predicted molar refractivity (Wildman–Crippen MR) is 60.7 cm³/mol. The third kappa shape index (κ3) is 3.22. The first kappa shape index (κ1) is 12.4. The Kier molecular flexibility index (Phi) is 4.05. The quantitative estimate of drug-likeness (QED) is 0.858. The zero-order valence-electron chi connectivity index (χ0n) is 9.56. The lowest BCUT2D eigenvalue weighted by molar-refractivity contribution is 0.146. The molecule has 0 unspecified atom stereocenters. The summed E-state index contributed by atoms with van der Waals surface area (Å²) in [4.78, 5) is 0. The van der Waals surface area contributed by atoms with Gasteiger partial charge in [0.15, 0.2) is 0 Å². The molecule has 2 rings (SSSR count). The molecule has 0 saturated carbocycles. The van der Waals surface area contributed by atoms with Crippen LogP contribution in [0.2, 0.25) is 0 Å². The lowest BCUT2D eigenvalue weighted by Crippen LogP contribution is -2.28. The van der Waals surface area contributed by atoms with Crippen molar-refractivity contribution >= 4 is 0 Å².